The third kappa shape index (κ3) is 5.89. The topological polar surface area (TPSA) is 76.7 Å². The number of hydrogen-bond acceptors (Lipinski definition) is 5. The van der Waals surface area contributed by atoms with Gasteiger partial charge in [-0.05, 0) is 65.2 Å². The van der Waals surface area contributed by atoms with E-state index in [1.807, 2.05) is 0 Å². The smallest absolute Gasteiger partial charge is 0.402 e. The van der Waals surface area contributed by atoms with Gasteiger partial charge >= 0.3 is 6.18 Å². The Hall–Kier alpha value is -2.39. The molecule has 2 saturated heterocycles. The second kappa shape index (κ2) is 10.3. The molecule has 0 aliphatic carbocycles. The van der Waals surface area contributed by atoms with E-state index in [4.69, 9.17) is 11.1 Å². The maximum atomic E-state index is 12.9. The molecule has 2 heterocycles. The minimum atomic E-state index is -4.32. The van der Waals surface area contributed by atoms with Crippen LogP contribution >= 0.6 is 0 Å². The molecular weight excluding hydrogens is 455 g/mol. The summed E-state index contributed by atoms with van der Waals surface area (Å²) in [5, 5.41) is 7.90. The Labute approximate surface area is 206 Å². The number of carbonyl (C=O) groups is 1. The Morgan fingerprint density at radius 2 is 1.69 bits per heavy atom. The Balaban J connectivity index is 1.61. The van der Waals surface area contributed by atoms with Gasteiger partial charge in [-0.25, -0.2) is 0 Å². The number of benzene rings is 1. The van der Waals surface area contributed by atoms with E-state index in [0.29, 0.717) is 24.4 Å². The van der Waals surface area contributed by atoms with Crippen LogP contribution in [0, 0.1) is 5.41 Å². The van der Waals surface area contributed by atoms with Gasteiger partial charge in [0.1, 0.15) is 0 Å². The first-order valence-electron chi connectivity index (χ1n) is 12.2. The van der Waals surface area contributed by atoms with E-state index in [1.54, 1.807) is 30.9 Å². The molecule has 3 rings (SSSR count). The molecular formula is C26H38F3N5O. The highest BCUT2D eigenvalue weighted by Crippen LogP contribution is 2.35. The molecule has 194 valence electrons. The molecule has 0 bridgehead atoms. The zero-order chi connectivity index (χ0) is 26.1. The molecule has 2 atom stereocenters. The molecule has 0 aromatic heterocycles. The van der Waals surface area contributed by atoms with Gasteiger partial charge < -0.3 is 16.0 Å². The fourth-order valence-corrected chi connectivity index (χ4v) is 5.47. The van der Waals surface area contributed by atoms with Crippen molar-refractivity contribution in [3.8, 4) is 0 Å². The van der Waals surface area contributed by atoms with Crippen molar-refractivity contribution < 1.29 is 18.0 Å². The molecule has 2 fully saturated rings. The fourth-order valence-electron chi connectivity index (χ4n) is 5.47. The lowest BCUT2D eigenvalue weighted by Gasteiger charge is -2.52. The van der Waals surface area contributed by atoms with Crippen molar-refractivity contribution in [1.82, 2.24) is 14.7 Å². The number of rotatable bonds is 5. The number of halogens is 3. The number of allylic oxidation sites excluding steroid dienone is 1. The summed E-state index contributed by atoms with van der Waals surface area (Å²) in [5.74, 6) is -0.164. The second-order valence-corrected chi connectivity index (χ2v) is 10.3. The molecule has 2 aliphatic heterocycles. The standard InChI is InChI=1S/C26H38F3N5O/c1-17-16-33(14-15-34(17)20(4)21-6-8-22(9-7-21)26(27,28)29)25(5)10-12-32(13-11-25)24(35)23(18(2)30)19(3)31/h6-9,17,20,30H,10-16,31H2,1-5H3/b23-19+,30-18?/t17-,20-/m0/s1. The van der Waals surface area contributed by atoms with Gasteiger partial charge in [-0.15, -0.1) is 0 Å². The van der Waals surface area contributed by atoms with Crippen molar-refractivity contribution in [2.24, 2.45) is 5.73 Å². The summed E-state index contributed by atoms with van der Waals surface area (Å²) in [5.41, 5.74) is 6.97. The minimum absolute atomic E-state index is 0.0239. The largest absolute Gasteiger partial charge is 0.416 e. The van der Waals surface area contributed by atoms with Crippen molar-refractivity contribution in [3.63, 3.8) is 0 Å². The van der Waals surface area contributed by atoms with Gasteiger partial charge in [0.25, 0.3) is 5.91 Å². The predicted octanol–water partition coefficient (Wildman–Crippen LogP) is 4.43. The monoisotopic (exact) mass is 493 g/mol. The highest BCUT2D eigenvalue weighted by molar-refractivity contribution is 6.20. The van der Waals surface area contributed by atoms with Gasteiger partial charge in [-0.3, -0.25) is 14.6 Å². The molecule has 1 aromatic rings. The molecule has 0 radical (unpaired) electrons. The molecule has 0 saturated carbocycles. The average molecular weight is 494 g/mol. The van der Waals surface area contributed by atoms with Crippen LogP contribution in [0.25, 0.3) is 0 Å². The Bertz CT molecular complexity index is 960. The van der Waals surface area contributed by atoms with E-state index in [1.165, 1.54) is 0 Å². The number of nitrogens with zero attached hydrogens (tertiary/aromatic N) is 3. The van der Waals surface area contributed by atoms with Gasteiger partial charge in [0.15, 0.2) is 0 Å². The van der Waals surface area contributed by atoms with Crippen LogP contribution < -0.4 is 5.73 Å². The van der Waals surface area contributed by atoms with Crippen LogP contribution in [0.5, 0.6) is 0 Å². The molecule has 6 nitrogen and oxygen atoms in total. The fraction of sp³-hybridized carbons (Fsp3) is 0.615. The van der Waals surface area contributed by atoms with Crippen LogP contribution in [-0.2, 0) is 11.0 Å². The Kier molecular flexibility index (Phi) is 8.01. The molecule has 0 unspecified atom stereocenters. The number of amides is 1. The van der Waals surface area contributed by atoms with Gasteiger partial charge in [-0.1, -0.05) is 12.1 Å². The van der Waals surface area contributed by atoms with E-state index < -0.39 is 11.7 Å². The normalized spacial score (nSPS) is 23.5. The number of piperidine rings is 1. The van der Waals surface area contributed by atoms with Crippen molar-refractivity contribution in [3.05, 3.63) is 46.7 Å². The van der Waals surface area contributed by atoms with Gasteiger partial charge in [-0.2, -0.15) is 13.2 Å². The summed E-state index contributed by atoms with van der Waals surface area (Å²) in [7, 11) is 0. The van der Waals surface area contributed by atoms with Crippen LogP contribution in [0.4, 0.5) is 13.2 Å². The van der Waals surface area contributed by atoms with Crippen LogP contribution in [0.2, 0.25) is 0 Å². The summed E-state index contributed by atoms with van der Waals surface area (Å²) < 4.78 is 38.8. The van der Waals surface area contributed by atoms with Crippen molar-refractivity contribution in [2.45, 2.75) is 71.3 Å². The molecule has 9 heteroatoms. The average Bonchev–Trinajstić information content (AvgIpc) is 2.78. The zero-order valence-corrected chi connectivity index (χ0v) is 21.4. The summed E-state index contributed by atoms with van der Waals surface area (Å²) in [6.45, 7) is 13.5. The first kappa shape index (κ1) is 27.2. The zero-order valence-electron chi connectivity index (χ0n) is 21.4. The van der Waals surface area contributed by atoms with Crippen molar-refractivity contribution in [2.75, 3.05) is 32.7 Å². The van der Waals surface area contributed by atoms with E-state index in [2.05, 4.69) is 30.6 Å². The Morgan fingerprint density at radius 1 is 1.11 bits per heavy atom. The predicted molar refractivity (Wildman–Crippen MR) is 132 cm³/mol. The molecule has 0 spiro atoms. The first-order chi connectivity index (χ1) is 16.2. The van der Waals surface area contributed by atoms with Gasteiger partial charge in [0.05, 0.1) is 11.1 Å². The summed E-state index contributed by atoms with van der Waals surface area (Å²) in [6, 6.07) is 5.76. The van der Waals surface area contributed by atoms with Crippen LogP contribution in [0.1, 0.15) is 64.6 Å². The van der Waals surface area contributed by atoms with Crippen LogP contribution in [-0.4, -0.2) is 70.6 Å². The number of alkyl halides is 3. The molecule has 3 N–H and O–H groups in total. The number of likely N-dealkylation sites (tertiary alicyclic amines) is 1. The number of piperazine rings is 1. The van der Waals surface area contributed by atoms with Gasteiger partial charge in [0.2, 0.25) is 0 Å². The van der Waals surface area contributed by atoms with Gasteiger partial charge in [0, 0.05) is 61.8 Å². The van der Waals surface area contributed by atoms with E-state index >= 15 is 0 Å². The number of nitrogens with one attached hydrogen (secondary N) is 1. The number of hydrogen-bond donors (Lipinski definition) is 2. The van der Waals surface area contributed by atoms with Crippen molar-refractivity contribution in [1.29, 1.82) is 5.41 Å². The summed E-state index contributed by atoms with van der Waals surface area (Å²) in [4.78, 5) is 19.6. The molecule has 1 amide bonds. The lowest BCUT2D eigenvalue weighted by atomic mass is 9.86. The maximum absolute atomic E-state index is 12.9. The summed E-state index contributed by atoms with van der Waals surface area (Å²) >= 11 is 0. The Morgan fingerprint density at radius 3 is 2.14 bits per heavy atom. The van der Waals surface area contributed by atoms with Crippen LogP contribution in [0.3, 0.4) is 0 Å². The van der Waals surface area contributed by atoms with Crippen LogP contribution in [0.15, 0.2) is 35.5 Å². The molecule has 35 heavy (non-hydrogen) atoms. The SMILES string of the molecule is CC(=N)/C(C(=O)N1CCC(C)(N2CCN([C@@H](C)c3ccc(C(F)(F)F)cc3)[C@@H](C)C2)CC1)=C(/C)N. The van der Waals surface area contributed by atoms with E-state index in [9.17, 15) is 18.0 Å². The second-order valence-electron chi connectivity index (χ2n) is 10.3. The van der Waals surface area contributed by atoms with E-state index in [-0.39, 0.29) is 29.2 Å². The molecule has 1 aromatic carbocycles. The summed E-state index contributed by atoms with van der Waals surface area (Å²) in [6.07, 6.45) is -2.64. The van der Waals surface area contributed by atoms with Crippen molar-refractivity contribution >= 4 is 11.6 Å². The lowest BCUT2D eigenvalue weighted by Crippen LogP contribution is -2.62. The maximum Gasteiger partial charge on any atom is 0.416 e. The highest BCUT2D eigenvalue weighted by Gasteiger charge is 2.41. The number of carbonyl (C=O) groups excluding carboxylic acids is 1. The first-order valence-corrected chi connectivity index (χ1v) is 12.2. The van der Waals surface area contributed by atoms with E-state index in [0.717, 1.165) is 50.2 Å². The third-order valence-corrected chi connectivity index (χ3v) is 7.77. The minimum Gasteiger partial charge on any atom is -0.402 e. The highest BCUT2D eigenvalue weighted by atomic mass is 19.4. The molecule has 2 aliphatic rings. The lowest BCUT2D eigenvalue weighted by molar-refractivity contribution is -0.137. The number of nitrogens with two attached hydrogens (primary N) is 1. The third-order valence-electron chi connectivity index (χ3n) is 7.77. The quantitative estimate of drug-likeness (QED) is 0.470.